The highest BCUT2D eigenvalue weighted by molar-refractivity contribution is 7.10. The van der Waals surface area contributed by atoms with Crippen LogP contribution in [0.3, 0.4) is 0 Å². The van der Waals surface area contributed by atoms with Crippen molar-refractivity contribution in [3.8, 4) is 0 Å². The van der Waals surface area contributed by atoms with E-state index in [1.54, 1.807) is 11.3 Å². The Kier molecular flexibility index (Phi) is 6.69. The van der Waals surface area contributed by atoms with Crippen LogP contribution in [-0.2, 0) is 13.1 Å². The van der Waals surface area contributed by atoms with Gasteiger partial charge in [-0.2, -0.15) is 0 Å². The van der Waals surface area contributed by atoms with Gasteiger partial charge in [-0.1, -0.05) is 12.1 Å². The Balaban J connectivity index is 1.41. The smallest absolute Gasteiger partial charge is 0.191 e. The Labute approximate surface area is 152 Å². The molecule has 0 amide bonds. The molecule has 0 aromatic carbocycles. The highest BCUT2D eigenvalue weighted by atomic mass is 32.1. The maximum atomic E-state index is 4.34. The van der Waals surface area contributed by atoms with Crippen molar-refractivity contribution >= 4 is 28.6 Å². The van der Waals surface area contributed by atoms with Gasteiger partial charge in [-0.05, 0) is 48.2 Å². The van der Waals surface area contributed by atoms with Crippen LogP contribution in [0.15, 0.2) is 40.0 Å². The van der Waals surface area contributed by atoms with E-state index in [0.717, 1.165) is 25.6 Å². The van der Waals surface area contributed by atoms with Gasteiger partial charge in [0.1, 0.15) is 0 Å². The summed E-state index contributed by atoms with van der Waals surface area (Å²) in [5.74, 6) is 1.60. The molecule has 3 rings (SSSR count). The van der Waals surface area contributed by atoms with Crippen LogP contribution in [0.1, 0.15) is 22.6 Å². The van der Waals surface area contributed by atoms with E-state index in [-0.39, 0.29) is 0 Å². The lowest BCUT2D eigenvalue weighted by molar-refractivity contribution is 0.169. The van der Waals surface area contributed by atoms with E-state index in [4.69, 9.17) is 0 Å². The molecule has 1 aliphatic rings. The van der Waals surface area contributed by atoms with E-state index < -0.39 is 0 Å². The maximum Gasteiger partial charge on any atom is 0.191 e. The van der Waals surface area contributed by atoms with Crippen molar-refractivity contribution in [1.29, 1.82) is 0 Å². The van der Waals surface area contributed by atoms with Gasteiger partial charge < -0.3 is 10.6 Å². The number of nitrogens with one attached hydrogen (secondary N) is 2. The summed E-state index contributed by atoms with van der Waals surface area (Å²) in [4.78, 5) is 9.73. The predicted octanol–water partition coefficient (Wildman–Crippen LogP) is 3.39. The number of rotatable bonds is 6. The van der Waals surface area contributed by atoms with Crippen LogP contribution in [-0.4, -0.2) is 37.5 Å². The molecule has 1 aliphatic heterocycles. The fourth-order valence-electron chi connectivity index (χ4n) is 3.13. The molecule has 2 aromatic rings. The number of piperidine rings is 1. The van der Waals surface area contributed by atoms with Crippen LogP contribution >= 0.6 is 22.7 Å². The Morgan fingerprint density at radius 1 is 1.21 bits per heavy atom. The van der Waals surface area contributed by atoms with Crippen LogP contribution in [0.4, 0.5) is 0 Å². The summed E-state index contributed by atoms with van der Waals surface area (Å²) in [6.07, 6.45) is 2.59. The normalized spacial score (nSPS) is 19.4. The van der Waals surface area contributed by atoms with Crippen molar-refractivity contribution in [2.45, 2.75) is 25.9 Å². The first kappa shape index (κ1) is 17.5. The van der Waals surface area contributed by atoms with Crippen molar-refractivity contribution in [1.82, 2.24) is 15.5 Å². The number of likely N-dealkylation sites (tertiary alicyclic amines) is 1. The highest BCUT2D eigenvalue weighted by Crippen LogP contribution is 2.20. The molecule has 0 spiro atoms. The van der Waals surface area contributed by atoms with Crippen molar-refractivity contribution in [2.24, 2.45) is 10.9 Å². The minimum Gasteiger partial charge on any atom is -0.356 e. The van der Waals surface area contributed by atoms with Gasteiger partial charge in [-0.3, -0.25) is 9.89 Å². The van der Waals surface area contributed by atoms with Crippen LogP contribution < -0.4 is 10.6 Å². The molecule has 2 N–H and O–H groups in total. The zero-order valence-corrected chi connectivity index (χ0v) is 15.8. The monoisotopic (exact) mass is 362 g/mol. The van der Waals surface area contributed by atoms with Crippen LogP contribution in [0.25, 0.3) is 0 Å². The Morgan fingerprint density at radius 3 is 2.71 bits per heavy atom. The first-order chi connectivity index (χ1) is 11.8. The molecule has 2 aromatic heterocycles. The van der Waals surface area contributed by atoms with Crippen LogP contribution in [0.2, 0.25) is 0 Å². The van der Waals surface area contributed by atoms with E-state index in [0.29, 0.717) is 5.92 Å². The molecule has 0 saturated carbocycles. The molecule has 1 fully saturated rings. The van der Waals surface area contributed by atoms with Gasteiger partial charge >= 0.3 is 0 Å². The summed E-state index contributed by atoms with van der Waals surface area (Å²) in [6.45, 7) is 5.32. The van der Waals surface area contributed by atoms with E-state index in [2.05, 4.69) is 55.6 Å². The molecule has 130 valence electrons. The zero-order valence-electron chi connectivity index (χ0n) is 14.2. The quantitative estimate of drug-likeness (QED) is 0.611. The topological polar surface area (TPSA) is 39.7 Å². The van der Waals surface area contributed by atoms with Gasteiger partial charge in [0.15, 0.2) is 5.96 Å². The number of aliphatic imine (C=N–C) groups is 1. The number of nitrogens with zero attached hydrogens (tertiary/aromatic N) is 2. The fourth-order valence-corrected chi connectivity index (χ4v) is 4.52. The standard InChI is InChI=1S/C18H26N4S2/c1-19-18(21-12-16-6-3-9-23-16)20-11-15-5-2-8-22(13-15)14-17-7-4-10-24-17/h3-4,6-7,9-10,15H,2,5,8,11-14H2,1H3,(H2,19,20,21). The Hall–Kier alpha value is -1.37. The van der Waals surface area contributed by atoms with Gasteiger partial charge in [0.25, 0.3) is 0 Å². The van der Waals surface area contributed by atoms with Crippen molar-refractivity contribution in [3.63, 3.8) is 0 Å². The average Bonchev–Trinajstić information content (AvgIpc) is 3.29. The third kappa shape index (κ3) is 5.33. The first-order valence-electron chi connectivity index (χ1n) is 8.55. The highest BCUT2D eigenvalue weighted by Gasteiger charge is 2.20. The minimum absolute atomic E-state index is 0.694. The van der Waals surface area contributed by atoms with E-state index in [1.165, 1.54) is 35.7 Å². The number of hydrogen-bond donors (Lipinski definition) is 2. The molecule has 6 heteroatoms. The molecular weight excluding hydrogens is 336 g/mol. The van der Waals surface area contributed by atoms with Crippen molar-refractivity contribution in [2.75, 3.05) is 26.7 Å². The van der Waals surface area contributed by atoms with Gasteiger partial charge in [0, 0.05) is 36.4 Å². The molecule has 1 saturated heterocycles. The Bertz CT molecular complexity index is 607. The van der Waals surface area contributed by atoms with E-state index >= 15 is 0 Å². The zero-order chi connectivity index (χ0) is 16.6. The third-order valence-electron chi connectivity index (χ3n) is 4.35. The van der Waals surface area contributed by atoms with Crippen LogP contribution in [0, 0.1) is 5.92 Å². The second-order valence-corrected chi connectivity index (χ2v) is 8.27. The number of thiophene rings is 2. The van der Waals surface area contributed by atoms with Gasteiger partial charge in [0.2, 0.25) is 0 Å². The molecule has 0 bridgehead atoms. The van der Waals surface area contributed by atoms with Crippen molar-refractivity contribution in [3.05, 3.63) is 44.8 Å². The third-order valence-corrected chi connectivity index (χ3v) is 6.09. The molecule has 0 radical (unpaired) electrons. The maximum absolute atomic E-state index is 4.34. The first-order valence-corrected chi connectivity index (χ1v) is 10.3. The lowest BCUT2D eigenvalue weighted by atomic mass is 9.98. The number of guanidine groups is 1. The summed E-state index contributed by atoms with van der Waals surface area (Å²) >= 11 is 3.63. The molecule has 4 nitrogen and oxygen atoms in total. The molecule has 0 aliphatic carbocycles. The van der Waals surface area contributed by atoms with Crippen LogP contribution in [0.5, 0.6) is 0 Å². The van der Waals surface area contributed by atoms with Crippen molar-refractivity contribution < 1.29 is 0 Å². The summed E-state index contributed by atoms with van der Waals surface area (Å²) in [5, 5.41) is 11.2. The van der Waals surface area contributed by atoms with Gasteiger partial charge in [-0.15, -0.1) is 22.7 Å². The molecule has 24 heavy (non-hydrogen) atoms. The SMILES string of the molecule is CN=C(NCc1cccs1)NCC1CCCN(Cc2cccs2)C1. The molecule has 1 unspecified atom stereocenters. The second kappa shape index (κ2) is 9.20. The van der Waals surface area contributed by atoms with E-state index in [1.807, 2.05) is 18.4 Å². The summed E-state index contributed by atoms with van der Waals surface area (Å²) in [7, 11) is 1.84. The molecule has 1 atom stereocenters. The average molecular weight is 363 g/mol. The van der Waals surface area contributed by atoms with Gasteiger partial charge in [0.05, 0.1) is 6.54 Å². The molecular formula is C18H26N4S2. The summed E-state index contributed by atoms with van der Waals surface area (Å²) < 4.78 is 0. The minimum atomic E-state index is 0.694. The Morgan fingerprint density at radius 2 is 2.00 bits per heavy atom. The predicted molar refractivity (Wildman–Crippen MR) is 105 cm³/mol. The number of hydrogen-bond acceptors (Lipinski definition) is 4. The second-order valence-electron chi connectivity index (χ2n) is 6.21. The fraction of sp³-hybridized carbons (Fsp3) is 0.500. The summed E-state index contributed by atoms with van der Waals surface area (Å²) in [6, 6.07) is 8.62. The van der Waals surface area contributed by atoms with Gasteiger partial charge in [-0.25, -0.2) is 0 Å². The molecule has 3 heterocycles. The van der Waals surface area contributed by atoms with E-state index in [9.17, 15) is 0 Å². The lowest BCUT2D eigenvalue weighted by Crippen LogP contribution is -2.43. The lowest BCUT2D eigenvalue weighted by Gasteiger charge is -2.32. The summed E-state index contributed by atoms with van der Waals surface area (Å²) in [5.41, 5.74) is 0. The largest absolute Gasteiger partial charge is 0.356 e.